The summed E-state index contributed by atoms with van der Waals surface area (Å²) >= 11 is 0. The lowest BCUT2D eigenvalue weighted by Gasteiger charge is -2.18. The van der Waals surface area contributed by atoms with E-state index in [2.05, 4.69) is 0 Å². The summed E-state index contributed by atoms with van der Waals surface area (Å²) in [5.74, 6) is 0.234. The van der Waals surface area contributed by atoms with Gasteiger partial charge < -0.3 is 20.3 Å². The molecular formula is C13H17NO4. The van der Waals surface area contributed by atoms with Gasteiger partial charge in [0.05, 0.1) is 13.2 Å². The minimum Gasteiger partial charge on any atom is -0.493 e. The number of fused-ring (bicyclic) bond motifs is 1. The fourth-order valence-corrected chi connectivity index (χ4v) is 1.97. The normalized spacial score (nSPS) is 16.6. The molecule has 0 fully saturated rings. The minimum atomic E-state index is -1.06. The van der Waals surface area contributed by atoms with Crippen molar-refractivity contribution in [2.75, 3.05) is 13.2 Å². The number of aliphatic hydroxyl groups is 1. The van der Waals surface area contributed by atoms with Crippen LogP contribution in [0.4, 0.5) is 0 Å². The van der Waals surface area contributed by atoms with Crippen molar-refractivity contribution in [1.82, 2.24) is 0 Å². The molecule has 2 rings (SSSR count). The highest BCUT2D eigenvalue weighted by Crippen LogP contribution is 2.28. The van der Waals surface area contributed by atoms with Gasteiger partial charge in [-0.05, 0) is 30.2 Å². The number of carbonyl (C=O) groups is 1. The summed E-state index contributed by atoms with van der Waals surface area (Å²) in [5, 5.41) is 10.1. The fraction of sp³-hybridized carbons (Fsp3) is 0.462. The molecule has 98 valence electrons. The number of esters is 1. The average Bonchev–Trinajstić information content (AvgIpc) is 2.84. The van der Waals surface area contributed by atoms with E-state index in [9.17, 15) is 9.90 Å². The van der Waals surface area contributed by atoms with Crippen molar-refractivity contribution in [2.24, 2.45) is 5.73 Å². The maximum Gasteiger partial charge on any atom is 0.325 e. The lowest BCUT2D eigenvalue weighted by atomic mass is 10.00. The highest BCUT2D eigenvalue weighted by atomic mass is 16.5. The number of benzene rings is 1. The molecule has 1 aromatic carbocycles. The molecule has 0 spiro atoms. The Bertz CT molecular complexity index is 447. The van der Waals surface area contributed by atoms with Gasteiger partial charge in [-0.2, -0.15) is 0 Å². The lowest BCUT2D eigenvalue weighted by Crippen LogP contribution is -2.38. The molecule has 2 unspecified atom stereocenters. The van der Waals surface area contributed by atoms with E-state index in [1.165, 1.54) is 0 Å². The standard InChI is InChI=1S/C13H17NO4/c1-2-17-13(16)11(14)12(15)9-3-4-10-8(7-9)5-6-18-10/h3-4,7,11-12,15H,2,5-6,14H2,1H3. The lowest BCUT2D eigenvalue weighted by molar-refractivity contribution is -0.147. The predicted molar refractivity (Wildman–Crippen MR) is 65.2 cm³/mol. The Hall–Kier alpha value is -1.59. The molecule has 1 aromatic rings. The molecule has 1 aliphatic heterocycles. The Morgan fingerprint density at radius 3 is 3.11 bits per heavy atom. The van der Waals surface area contributed by atoms with Gasteiger partial charge in [-0.1, -0.05) is 6.07 Å². The van der Waals surface area contributed by atoms with Gasteiger partial charge in [0.1, 0.15) is 17.9 Å². The molecule has 0 saturated heterocycles. The number of aliphatic hydroxyl groups excluding tert-OH is 1. The summed E-state index contributed by atoms with van der Waals surface area (Å²) in [4.78, 5) is 11.5. The maximum atomic E-state index is 11.5. The molecule has 0 radical (unpaired) electrons. The van der Waals surface area contributed by atoms with E-state index < -0.39 is 18.1 Å². The molecule has 1 heterocycles. The molecule has 0 aromatic heterocycles. The third kappa shape index (κ3) is 2.47. The van der Waals surface area contributed by atoms with Gasteiger partial charge in [-0.25, -0.2) is 0 Å². The Balaban J connectivity index is 2.13. The molecule has 5 nitrogen and oxygen atoms in total. The first-order valence-corrected chi connectivity index (χ1v) is 5.99. The van der Waals surface area contributed by atoms with Crippen molar-refractivity contribution in [3.63, 3.8) is 0 Å². The van der Waals surface area contributed by atoms with Crippen molar-refractivity contribution < 1.29 is 19.4 Å². The number of nitrogens with two attached hydrogens (primary N) is 1. The SMILES string of the molecule is CCOC(=O)C(N)C(O)c1ccc2c(c1)CCO2. The zero-order chi connectivity index (χ0) is 13.1. The van der Waals surface area contributed by atoms with Crippen molar-refractivity contribution in [1.29, 1.82) is 0 Å². The van der Waals surface area contributed by atoms with Crippen LogP contribution in [0.15, 0.2) is 18.2 Å². The number of hydrogen-bond donors (Lipinski definition) is 2. The van der Waals surface area contributed by atoms with Crippen molar-refractivity contribution in [3.05, 3.63) is 29.3 Å². The maximum absolute atomic E-state index is 11.5. The Morgan fingerprint density at radius 1 is 1.61 bits per heavy atom. The Kier molecular flexibility index (Phi) is 3.84. The molecule has 18 heavy (non-hydrogen) atoms. The summed E-state index contributed by atoms with van der Waals surface area (Å²) in [5.41, 5.74) is 7.31. The summed E-state index contributed by atoms with van der Waals surface area (Å²) in [6.07, 6.45) is -0.250. The van der Waals surface area contributed by atoms with Crippen LogP contribution in [-0.2, 0) is 16.0 Å². The quantitative estimate of drug-likeness (QED) is 0.763. The number of carbonyl (C=O) groups excluding carboxylic acids is 1. The van der Waals surface area contributed by atoms with Gasteiger partial charge in [0.15, 0.2) is 0 Å². The van der Waals surface area contributed by atoms with Gasteiger partial charge in [-0.3, -0.25) is 4.79 Å². The van der Waals surface area contributed by atoms with Crippen LogP contribution in [0.2, 0.25) is 0 Å². The topological polar surface area (TPSA) is 81.8 Å². The third-order valence-electron chi connectivity index (χ3n) is 2.95. The molecule has 0 aliphatic carbocycles. The van der Waals surface area contributed by atoms with E-state index in [4.69, 9.17) is 15.2 Å². The monoisotopic (exact) mass is 251 g/mol. The smallest absolute Gasteiger partial charge is 0.325 e. The van der Waals surface area contributed by atoms with E-state index in [0.717, 1.165) is 17.7 Å². The van der Waals surface area contributed by atoms with Crippen LogP contribution in [0.5, 0.6) is 5.75 Å². The van der Waals surface area contributed by atoms with Gasteiger partial charge in [0, 0.05) is 6.42 Å². The van der Waals surface area contributed by atoms with Crippen LogP contribution in [-0.4, -0.2) is 30.3 Å². The second-order valence-electron chi connectivity index (χ2n) is 4.19. The van der Waals surface area contributed by atoms with Crippen LogP contribution >= 0.6 is 0 Å². The zero-order valence-electron chi connectivity index (χ0n) is 10.3. The molecule has 0 saturated carbocycles. The van der Waals surface area contributed by atoms with Crippen LogP contribution in [0.3, 0.4) is 0 Å². The van der Waals surface area contributed by atoms with E-state index in [0.29, 0.717) is 12.2 Å². The van der Waals surface area contributed by atoms with Crippen LogP contribution < -0.4 is 10.5 Å². The highest BCUT2D eigenvalue weighted by molar-refractivity contribution is 5.76. The summed E-state index contributed by atoms with van der Waals surface area (Å²) in [6.45, 7) is 2.60. The van der Waals surface area contributed by atoms with Crippen LogP contribution in [0.25, 0.3) is 0 Å². The average molecular weight is 251 g/mol. The van der Waals surface area contributed by atoms with E-state index >= 15 is 0 Å². The van der Waals surface area contributed by atoms with E-state index in [-0.39, 0.29) is 6.61 Å². The van der Waals surface area contributed by atoms with Crippen LogP contribution in [0.1, 0.15) is 24.2 Å². The molecular weight excluding hydrogens is 234 g/mol. The van der Waals surface area contributed by atoms with E-state index in [1.54, 1.807) is 19.1 Å². The first-order chi connectivity index (χ1) is 8.63. The van der Waals surface area contributed by atoms with Crippen molar-refractivity contribution in [3.8, 4) is 5.75 Å². The summed E-state index contributed by atoms with van der Waals surface area (Å²) in [7, 11) is 0. The zero-order valence-corrected chi connectivity index (χ0v) is 10.3. The van der Waals surface area contributed by atoms with Crippen molar-refractivity contribution >= 4 is 5.97 Å². The Morgan fingerprint density at radius 2 is 2.39 bits per heavy atom. The van der Waals surface area contributed by atoms with Gasteiger partial charge >= 0.3 is 5.97 Å². The molecule has 1 aliphatic rings. The highest BCUT2D eigenvalue weighted by Gasteiger charge is 2.26. The molecule has 3 N–H and O–H groups in total. The minimum absolute atomic E-state index is 0.247. The number of ether oxygens (including phenoxy) is 2. The van der Waals surface area contributed by atoms with Gasteiger partial charge in [-0.15, -0.1) is 0 Å². The van der Waals surface area contributed by atoms with Gasteiger partial charge in [0.2, 0.25) is 0 Å². The summed E-state index contributed by atoms with van der Waals surface area (Å²) in [6, 6.07) is 4.27. The fourth-order valence-electron chi connectivity index (χ4n) is 1.97. The molecule has 0 amide bonds. The predicted octanol–water partition coefficient (Wildman–Crippen LogP) is 0.545. The molecule has 0 bridgehead atoms. The largest absolute Gasteiger partial charge is 0.493 e. The second-order valence-corrected chi connectivity index (χ2v) is 4.19. The van der Waals surface area contributed by atoms with Crippen LogP contribution in [0, 0.1) is 0 Å². The Labute approximate surface area is 106 Å². The van der Waals surface area contributed by atoms with E-state index in [1.807, 2.05) is 6.07 Å². The number of hydrogen-bond acceptors (Lipinski definition) is 5. The van der Waals surface area contributed by atoms with Gasteiger partial charge in [0.25, 0.3) is 0 Å². The first-order valence-electron chi connectivity index (χ1n) is 5.99. The first kappa shape index (κ1) is 12.9. The molecule has 5 heteroatoms. The number of rotatable bonds is 4. The van der Waals surface area contributed by atoms with Crippen molar-refractivity contribution in [2.45, 2.75) is 25.5 Å². The molecule has 2 atom stereocenters. The summed E-state index contributed by atoms with van der Waals surface area (Å²) < 4.78 is 10.2. The third-order valence-corrected chi connectivity index (χ3v) is 2.95. The second kappa shape index (κ2) is 5.37.